The third kappa shape index (κ3) is 2.58. The molecule has 2 saturated carbocycles. The van der Waals surface area contributed by atoms with Crippen molar-refractivity contribution < 1.29 is 9.47 Å². The van der Waals surface area contributed by atoms with Crippen molar-refractivity contribution >= 4 is 5.69 Å². The number of nitrogens with one attached hydrogen (secondary N) is 1. The lowest BCUT2D eigenvalue weighted by atomic mass is 9.82. The summed E-state index contributed by atoms with van der Waals surface area (Å²) < 4.78 is 11.2. The molecule has 1 aromatic carbocycles. The van der Waals surface area contributed by atoms with E-state index in [0.717, 1.165) is 23.3 Å². The van der Waals surface area contributed by atoms with Crippen molar-refractivity contribution in [2.24, 2.45) is 11.8 Å². The summed E-state index contributed by atoms with van der Waals surface area (Å²) >= 11 is 0. The molecule has 2 fully saturated rings. The molecule has 0 spiro atoms. The molecule has 3 nitrogen and oxygen atoms in total. The summed E-state index contributed by atoms with van der Waals surface area (Å²) in [5.74, 6) is 3.77. The van der Waals surface area contributed by atoms with Gasteiger partial charge in [-0.25, -0.2) is 0 Å². The maximum atomic E-state index is 5.66. The van der Waals surface area contributed by atoms with Crippen molar-refractivity contribution in [3.8, 4) is 11.5 Å². The second kappa shape index (κ2) is 5.19. The highest BCUT2D eigenvalue weighted by Gasteiger charge is 2.34. The van der Waals surface area contributed by atoms with Crippen LogP contribution in [0.15, 0.2) is 18.2 Å². The van der Waals surface area contributed by atoms with Gasteiger partial charge in [-0.3, -0.25) is 0 Å². The Balaban J connectivity index is 1.42. The fourth-order valence-corrected chi connectivity index (χ4v) is 3.72. The van der Waals surface area contributed by atoms with Gasteiger partial charge in [0, 0.05) is 17.8 Å². The lowest BCUT2D eigenvalue weighted by molar-refractivity contribution is 0.171. The normalized spacial score (nSPS) is 29.0. The second-order valence-corrected chi connectivity index (χ2v) is 6.46. The minimum atomic E-state index is 0.636. The largest absolute Gasteiger partial charge is 0.486 e. The SMILES string of the molecule is c1cc2c(cc1NC1CCCC(C3CC3)C1)OCCO2. The molecular formula is C17H23NO2. The molecule has 20 heavy (non-hydrogen) atoms. The topological polar surface area (TPSA) is 30.5 Å². The first-order chi connectivity index (χ1) is 9.88. The fraction of sp³-hybridized carbons (Fsp3) is 0.647. The summed E-state index contributed by atoms with van der Waals surface area (Å²) in [7, 11) is 0. The number of rotatable bonds is 3. The predicted octanol–water partition coefficient (Wildman–Crippen LogP) is 3.84. The van der Waals surface area contributed by atoms with Gasteiger partial charge in [-0.2, -0.15) is 0 Å². The van der Waals surface area contributed by atoms with E-state index < -0.39 is 0 Å². The van der Waals surface area contributed by atoms with Crippen molar-refractivity contribution in [3.63, 3.8) is 0 Å². The first-order valence-electron chi connectivity index (χ1n) is 8.05. The molecule has 2 atom stereocenters. The monoisotopic (exact) mass is 273 g/mol. The zero-order chi connectivity index (χ0) is 13.4. The van der Waals surface area contributed by atoms with Gasteiger partial charge in [0.2, 0.25) is 0 Å². The van der Waals surface area contributed by atoms with Crippen LogP contribution in [0, 0.1) is 11.8 Å². The van der Waals surface area contributed by atoms with Crippen LogP contribution >= 0.6 is 0 Å². The number of anilines is 1. The van der Waals surface area contributed by atoms with E-state index in [1.54, 1.807) is 0 Å². The van der Waals surface area contributed by atoms with Gasteiger partial charge in [-0.05, 0) is 49.7 Å². The first-order valence-corrected chi connectivity index (χ1v) is 8.05. The fourth-order valence-electron chi connectivity index (χ4n) is 3.72. The van der Waals surface area contributed by atoms with Gasteiger partial charge in [-0.1, -0.05) is 12.8 Å². The van der Waals surface area contributed by atoms with E-state index in [9.17, 15) is 0 Å². The van der Waals surface area contributed by atoms with E-state index in [4.69, 9.17) is 9.47 Å². The van der Waals surface area contributed by atoms with Gasteiger partial charge < -0.3 is 14.8 Å². The summed E-state index contributed by atoms with van der Waals surface area (Å²) in [5.41, 5.74) is 1.18. The quantitative estimate of drug-likeness (QED) is 0.907. The zero-order valence-electron chi connectivity index (χ0n) is 11.9. The minimum Gasteiger partial charge on any atom is -0.486 e. The molecule has 1 heterocycles. The van der Waals surface area contributed by atoms with Crippen molar-refractivity contribution in [1.29, 1.82) is 0 Å². The number of ether oxygens (including phenoxy) is 2. The summed E-state index contributed by atoms with van der Waals surface area (Å²) in [4.78, 5) is 0. The van der Waals surface area contributed by atoms with Crippen molar-refractivity contribution in [3.05, 3.63) is 18.2 Å². The van der Waals surface area contributed by atoms with Crippen LogP contribution in [0.4, 0.5) is 5.69 Å². The molecule has 1 aromatic rings. The standard InChI is InChI=1S/C17H23NO2/c1-2-13(12-4-5-12)10-14(3-1)18-15-6-7-16-17(11-15)20-9-8-19-16/h6-7,11-14,18H,1-5,8-10H2. The van der Waals surface area contributed by atoms with Gasteiger partial charge in [0.25, 0.3) is 0 Å². The molecule has 0 amide bonds. The summed E-state index contributed by atoms with van der Waals surface area (Å²) in [6, 6.07) is 6.87. The molecule has 3 heteroatoms. The third-order valence-corrected chi connectivity index (χ3v) is 4.92. The Morgan fingerprint density at radius 2 is 1.75 bits per heavy atom. The van der Waals surface area contributed by atoms with Crippen molar-refractivity contribution in [2.75, 3.05) is 18.5 Å². The number of fused-ring (bicyclic) bond motifs is 1. The molecule has 0 bridgehead atoms. The van der Waals surface area contributed by atoms with Gasteiger partial charge in [-0.15, -0.1) is 0 Å². The highest BCUT2D eigenvalue weighted by Crippen LogP contribution is 2.44. The molecule has 0 radical (unpaired) electrons. The third-order valence-electron chi connectivity index (χ3n) is 4.92. The first kappa shape index (κ1) is 12.4. The van der Waals surface area contributed by atoms with E-state index in [2.05, 4.69) is 17.4 Å². The lowest BCUT2D eigenvalue weighted by Crippen LogP contribution is -2.28. The summed E-state index contributed by atoms with van der Waals surface area (Å²) in [5, 5.41) is 3.71. The minimum absolute atomic E-state index is 0.636. The predicted molar refractivity (Wildman–Crippen MR) is 79.5 cm³/mol. The Bertz CT molecular complexity index is 484. The Kier molecular flexibility index (Phi) is 3.21. The van der Waals surface area contributed by atoms with Crippen LogP contribution in [0.3, 0.4) is 0 Å². The van der Waals surface area contributed by atoms with Crippen LogP contribution < -0.4 is 14.8 Å². The average molecular weight is 273 g/mol. The van der Waals surface area contributed by atoms with E-state index in [1.807, 2.05) is 6.07 Å². The average Bonchev–Trinajstić information content (AvgIpc) is 3.32. The maximum absolute atomic E-state index is 5.66. The van der Waals surface area contributed by atoms with Crippen molar-refractivity contribution in [2.45, 2.75) is 44.6 Å². The molecule has 1 aliphatic heterocycles. The highest BCUT2D eigenvalue weighted by molar-refractivity contribution is 5.55. The molecule has 1 N–H and O–H groups in total. The van der Waals surface area contributed by atoms with Crippen LogP contribution in [0.2, 0.25) is 0 Å². The number of benzene rings is 1. The molecule has 0 saturated heterocycles. The summed E-state index contributed by atoms with van der Waals surface area (Å²) in [6.45, 7) is 1.31. The number of hydrogen-bond acceptors (Lipinski definition) is 3. The molecule has 4 rings (SSSR count). The van der Waals surface area contributed by atoms with Crippen LogP contribution in [-0.4, -0.2) is 19.3 Å². The molecule has 0 aromatic heterocycles. The van der Waals surface area contributed by atoms with Gasteiger partial charge in [0.05, 0.1) is 0 Å². The number of hydrogen-bond donors (Lipinski definition) is 1. The second-order valence-electron chi connectivity index (χ2n) is 6.46. The smallest absolute Gasteiger partial charge is 0.163 e. The van der Waals surface area contributed by atoms with Gasteiger partial charge in [0.15, 0.2) is 11.5 Å². The Morgan fingerprint density at radius 3 is 2.60 bits per heavy atom. The van der Waals surface area contributed by atoms with E-state index in [1.165, 1.54) is 44.2 Å². The molecule has 108 valence electrons. The van der Waals surface area contributed by atoms with Gasteiger partial charge in [0.1, 0.15) is 13.2 Å². The molecule has 2 aliphatic carbocycles. The van der Waals surface area contributed by atoms with E-state index >= 15 is 0 Å². The van der Waals surface area contributed by atoms with Gasteiger partial charge >= 0.3 is 0 Å². The van der Waals surface area contributed by atoms with Crippen LogP contribution in [-0.2, 0) is 0 Å². The van der Waals surface area contributed by atoms with Crippen LogP contribution in [0.5, 0.6) is 11.5 Å². The van der Waals surface area contributed by atoms with E-state index in [-0.39, 0.29) is 0 Å². The zero-order valence-corrected chi connectivity index (χ0v) is 11.9. The Morgan fingerprint density at radius 1 is 0.900 bits per heavy atom. The Hall–Kier alpha value is -1.38. The van der Waals surface area contributed by atoms with Crippen molar-refractivity contribution in [1.82, 2.24) is 0 Å². The van der Waals surface area contributed by atoms with Crippen LogP contribution in [0.1, 0.15) is 38.5 Å². The molecule has 2 unspecified atom stereocenters. The summed E-state index contributed by atoms with van der Waals surface area (Å²) in [6.07, 6.45) is 8.42. The molecule has 3 aliphatic rings. The maximum Gasteiger partial charge on any atom is 0.163 e. The van der Waals surface area contributed by atoms with E-state index in [0.29, 0.717) is 19.3 Å². The molecular weight excluding hydrogens is 250 g/mol. The van der Waals surface area contributed by atoms with Crippen LogP contribution in [0.25, 0.3) is 0 Å². The lowest BCUT2D eigenvalue weighted by Gasteiger charge is -2.31. The Labute approximate surface area is 120 Å². The highest BCUT2D eigenvalue weighted by atomic mass is 16.6.